The van der Waals surface area contributed by atoms with Gasteiger partial charge in [-0.25, -0.2) is 13.2 Å². The third-order valence-corrected chi connectivity index (χ3v) is 11.2. The Morgan fingerprint density at radius 2 is 1.20 bits per heavy atom. The van der Waals surface area contributed by atoms with Crippen LogP contribution in [0.4, 0.5) is 13.2 Å². The first-order valence-electron chi connectivity index (χ1n) is 18.5. The van der Waals surface area contributed by atoms with Crippen LogP contribution in [0.2, 0.25) is 0 Å². The summed E-state index contributed by atoms with van der Waals surface area (Å²) in [6, 6.07) is 16.5. The molecule has 0 radical (unpaired) electrons. The largest absolute Gasteiger partial charge is 0.207 e. The van der Waals surface area contributed by atoms with Gasteiger partial charge < -0.3 is 0 Å². The summed E-state index contributed by atoms with van der Waals surface area (Å²) >= 11 is 0. The van der Waals surface area contributed by atoms with Gasteiger partial charge in [0.25, 0.3) is 0 Å². The number of rotatable bonds is 14. The minimum Gasteiger partial charge on any atom is -0.207 e. The molecule has 0 nitrogen and oxygen atoms in total. The summed E-state index contributed by atoms with van der Waals surface area (Å²) < 4.78 is 45.6. The van der Waals surface area contributed by atoms with Crippen LogP contribution in [-0.2, 0) is 6.42 Å². The van der Waals surface area contributed by atoms with Crippen molar-refractivity contribution in [2.24, 2.45) is 17.8 Å². The zero-order chi connectivity index (χ0) is 32.3. The predicted molar refractivity (Wildman–Crippen MR) is 188 cm³/mol. The van der Waals surface area contributed by atoms with Gasteiger partial charge in [-0.05, 0) is 129 Å². The lowest BCUT2D eigenvalue weighted by Gasteiger charge is -2.37. The van der Waals surface area contributed by atoms with Crippen molar-refractivity contribution in [2.45, 2.75) is 129 Å². The molecule has 46 heavy (non-hydrogen) atoms. The van der Waals surface area contributed by atoms with Crippen molar-refractivity contribution in [3.8, 4) is 22.3 Å². The summed E-state index contributed by atoms with van der Waals surface area (Å²) in [6.07, 6.45) is 24.5. The SMILES string of the molecule is C/C=C/C1CCC(C2CCC(c3ccc(-c4ccc(-c5ccc(CCCCCCCCCC)c(F)c5F)cc4)cc3F)CC2)CC1. The van der Waals surface area contributed by atoms with Gasteiger partial charge in [0.15, 0.2) is 11.6 Å². The Labute approximate surface area is 276 Å². The first kappa shape index (κ1) is 34.5. The number of aryl methyl sites for hydroxylation is 1. The summed E-state index contributed by atoms with van der Waals surface area (Å²) in [4.78, 5) is 0. The second kappa shape index (κ2) is 17.4. The third-order valence-electron chi connectivity index (χ3n) is 11.2. The zero-order valence-electron chi connectivity index (χ0n) is 28.3. The number of hydrogen-bond acceptors (Lipinski definition) is 0. The second-order valence-corrected chi connectivity index (χ2v) is 14.3. The monoisotopic (exact) mass is 628 g/mol. The quantitative estimate of drug-likeness (QED) is 0.123. The molecular weight excluding hydrogens is 573 g/mol. The Bertz CT molecular complexity index is 1390. The molecule has 2 aliphatic rings. The zero-order valence-corrected chi connectivity index (χ0v) is 28.3. The van der Waals surface area contributed by atoms with Gasteiger partial charge in [-0.3, -0.25) is 0 Å². The molecule has 0 heterocycles. The minimum absolute atomic E-state index is 0.128. The summed E-state index contributed by atoms with van der Waals surface area (Å²) in [5, 5.41) is 0. The van der Waals surface area contributed by atoms with E-state index in [1.807, 2.05) is 36.4 Å². The lowest BCUT2D eigenvalue weighted by atomic mass is 9.68. The molecule has 2 aliphatic carbocycles. The van der Waals surface area contributed by atoms with E-state index in [1.54, 1.807) is 18.2 Å². The van der Waals surface area contributed by atoms with Crippen LogP contribution in [-0.4, -0.2) is 0 Å². The average molecular weight is 629 g/mol. The lowest BCUT2D eigenvalue weighted by molar-refractivity contribution is 0.171. The lowest BCUT2D eigenvalue weighted by Crippen LogP contribution is -2.25. The fourth-order valence-electron chi connectivity index (χ4n) is 8.32. The molecule has 0 atom stereocenters. The summed E-state index contributed by atoms with van der Waals surface area (Å²) in [5.41, 5.74) is 3.89. The van der Waals surface area contributed by atoms with E-state index >= 15 is 8.78 Å². The van der Waals surface area contributed by atoms with Gasteiger partial charge in [-0.1, -0.05) is 113 Å². The Hall–Kier alpha value is -2.81. The maximum atomic E-state index is 15.5. The maximum Gasteiger partial charge on any atom is 0.166 e. The summed E-state index contributed by atoms with van der Waals surface area (Å²) in [5.74, 6) is 1.07. The van der Waals surface area contributed by atoms with Crippen LogP contribution < -0.4 is 0 Å². The molecule has 3 aromatic rings. The van der Waals surface area contributed by atoms with Gasteiger partial charge in [-0.15, -0.1) is 0 Å². The molecule has 2 fully saturated rings. The second-order valence-electron chi connectivity index (χ2n) is 14.3. The van der Waals surface area contributed by atoms with Crippen molar-refractivity contribution in [1.29, 1.82) is 0 Å². The molecule has 3 heteroatoms. The molecule has 2 saturated carbocycles. The molecule has 0 aliphatic heterocycles. The third kappa shape index (κ3) is 8.96. The van der Waals surface area contributed by atoms with Gasteiger partial charge in [0, 0.05) is 5.56 Å². The molecule has 3 aromatic carbocycles. The van der Waals surface area contributed by atoms with Crippen LogP contribution in [0.15, 0.2) is 66.7 Å². The van der Waals surface area contributed by atoms with Crippen LogP contribution in [0.3, 0.4) is 0 Å². The van der Waals surface area contributed by atoms with Crippen molar-refractivity contribution in [3.05, 3.63) is 95.3 Å². The molecule has 0 amide bonds. The van der Waals surface area contributed by atoms with Crippen molar-refractivity contribution in [2.75, 3.05) is 0 Å². The van der Waals surface area contributed by atoms with E-state index in [0.29, 0.717) is 23.5 Å². The Balaban J connectivity index is 1.14. The molecule has 5 rings (SSSR count). The first-order valence-corrected chi connectivity index (χ1v) is 18.5. The summed E-state index contributed by atoms with van der Waals surface area (Å²) in [7, 11) is 0. The number of benzene rings is 3. The fourth-order valence-corrected chi connectivity index (χ4v) is 8.32. The molecule has 0 N–H and O–H groups in total. The van der Waals surface area contributed by atoms with Crippen molar-refractivity contribution in [3.63, 3.8) is 0 Å². The maximum absolute atomic E-state index is 15.5. The van der Waals surface area contributed by atoms with Crippen molar-refractivity contribution < 1.29 is 13.2 Å². The van der Waals surface area contributed by atoms with Gasteiger partial charge in [-0.2, -0.15) is 0 Å². The topological polar surface area (TPSA) is 0 Å². The average Bonchev–Trinajstić information content (AvgIpc) is 3.08. The van der Waals surface area contributed by atoms with E-state index < -0.39 is 11.6 Å². The van der Waals surface area contributed by atoms with E-state index in [1.165, 1.54) is 70.6 Å². The Morgan fingerprint density at radius 3 is 1.83 bits per heavy atom. The smallest absolute Gasteiger partial charge is 0.166 e. The summed E-state index contributed by atoms with van der Waals surface area (Å²) in [6.45, 7) is 4.34. The van der Waals surface area contributed by atoms with Crippen LogP contribution in [0, 0.1) is 35.2 Å². The minimum atomic E-state index is -0.781. The highest BCUT2D eigenvalue weighted by molar-refractivity contribution is 5.71. The van der Waals surface area contributed by atoms with Gasteiger partial charge >= 0.3 is 0 Å². The number of unbranched alkanes of at least 4 members (excludes halogenated alkanes) is 7. The van der Waals surface area contributed by atoms with E-state index in [9.17, 15) is 4.39 Å². The molecule has 0 spiro atoms. The Morgan fingerprint density at radius 1 is 0.609 bits per heavy atom. The van der Waals surface area contributed by atoms with Crippen molar-refractivity contribution in [1.82, 2.24) is 0 Å². The van der Waals surface area contributed by atoms with Crippen LogP contribution in [0.25, 0.3) is 22.3 Å². The molecule has 0 aromatic heterocycles. The highest BCUT2D eigenvalue weighted by Crippen LogP contribution is 2.45. The molecule has 248 valence electrons. The van der Waals surface area contributed by atoms with Crippen LogP contribution >= 0.6 is 0 Å². The van der Waals surface area contributed by atoms with E-state index in [4.69, 9.17) is 0 Å². The number of halogens is 3. The van der Waals surface area contributed by atoms with Gasteiger partial charge in [0.2, 0.25) is 0 Å². The van der Waals surface area contributed by atoms with Gasteiger partial charge in [0.05, 0.1) is 0 Å². The predicted octanol–water partition coefficient (Wildman–Crippen LogP) is 13.8. The van der Waals surface area contributed by atoms with Gasteiger partial charge in [0.1, 0.15) is 5.82 Å². The normalized spacial score (nSPS) is 22.0. The standard InChI is InChI=1S/C43H55F3/c1-3-5-6-7-8-9-10-11-13-37-26-29-40(43(46)42(37)45)36-24-20-34(21-25-36)38-27-28-39(41(44)30-38)35-22-18-33(19-23-35)32-16-14-31(12-4-2)15-17-32/h4,12,20-21,24-33,35H,3,5-11,13-19,22-23H2,1-2H3/b12-4+. The first-order chi connectivity index (χ1) is 22.5. The highest BCUT2D eigenvalue weighted by Gasteiger charge is 2.31. The number of hydrogen-bond donors (Lipinski definition) is 0. The van der Waals surface area contributed by atoms with Crippen molar-refractivity contribution >= 4 is 0 Å². The molecule has 0 saturated heterocycles. The highest BCUT2D eigenvalue weighted by atomic mass is 19.2. The molecule has 0 unspecified atom stereocenters. The molecule has 0 bridgehead atoms. The molecular formula is C43H55F3. The van der Waals surface area contributed by atoms with Crippen LogP contribution in [0.5, 0.6) is 0 Å². The van der Waals surface area contributed by atoms with Crippen LogP contribution in [0.1, 0.15) is 134 Å². The van der Waals surface area contributed by atoms with E-state index in [-0.39, 0.29) is 11.4 Å². The fraction of sp³-hybridized carbons (Fsp3) is 0.535. The number of allylic oxidation sites excluding steroid dienone is 2. The van der Waals surface area contributed by atoms with E-state index in [2.05, 4.69) is 26.0 Å². The Kier molecular flexibility index (Phi) is 13.0. The van der Waals surface area contributed by atoms with E-state index in [0.717, 1.165) is 66.5 Å².